The van der Waals surface area contributed by atoms with E-state index in [4.69, 9.17) is 11.6 Å². The van der Waals surface area contributed by atoms with E-state index < -0.39 is 4.92 Å². The van der Waals surface area contributed by atoms with Crippen molar-refractivity contribution in [3.63, 3.8) is 0 Å². The van der Waals surface area contributed by atoms with Crippen LogP contribution >= 0.6 is 22.9 Å². The van der Waals surface area contributed by atoms with E-state index in [-0.39, 0.29) is 21.4 Å². The summed E-state index contributed by atoms with van der Waals surface area (Å²) in [6, 6.07) is 6.75. The minimum Gasteiger partial charge on any atom is -0.305 e. The molecule has 2 aromatic heterocycles. The Hall–Kier alpha value is -2.51. The number of hydrogen-bond acceptors (Lipinski definition) is 5. The lowest BCUT2D eigenvalue weighted by molar-refractivity contribution is -0.380. The Labute approximate surface area is 139 Å². The highest BCUT2D eigenvalue weighted by atomic mass is 35.5. The smallest absolute Gasteiger partial charge is 0.305 e. The largest absolute Gasteiger partial charge is 0.324 e. The van der Waals surface area contributed by atoms with Crippen LogP contribution < -0.4 is 5.56 Å². The van der Waals surface area contributed by atoms with Crippen LogP contribution in [0.3, 0.4) is 0 Å². The number of halogens is 1. The molecule has 2 heterocycles. The van der Waals surface area contributed by atoms with Crippen LogP contribution in [0, 0.1) is 17.0 Å². The number of thiophene rings is 1. The van der Waals surface area contributed by atoms with Gasteiger partial charge in [0.25, 0.3) is 5.56 Å². The van der Waals surface area contributed by atoms with Gasteiger partial charge < -0.3 is 4.98 Å². The highest BCUT2D eigenvalue weighted by molar-refractivity contribution is 7.13. The number of nitrogens with one attached hydrogen (secondary N) is 1. The summed E-state index contributed by atoms with van der Waals surface area (Å²) in [5, 5.41) is 13.0. The first-order chi connectivity index (χ1) is 11.0. The molecule has 3 rings (SSSR count). The summed E-state index contributed by atoms with van der Waals surface area (Å²) in [4.78, 5) is 29.4. The standard InChI is InChI=1S/C15H10ClN3O3S/c1-8-3-2-4-10-13(8)17-14(18-15(10)20)11(16)5-9-6-12(19(21)22)23-7-9/h2-7H,1H3,(H,17,18,20)/b11-5-. The van der Waals surface area contributed by atoms with Gasteiger partial charge in [-0.2, -0.15) is 0 Å². The average molecular weight is 348 g/mol. The third-order valence-electron chi connectivity index (χ3n) is 3.24. The second-order valence-electron chi connectivity index (χ2n) is 4.85. The molecule has 0 radical (unpaired) electrons. The van der Waals surface area contributed by atoms with Gasteiger partial charge in [-0.3, -0.25) is 14.9 Å². The minimum absolute atomic E-state index is 0.0246. The first-order valence-corrected chi connectivity index (χ1v) is 7.81. The SMILES string of the molecule is Cc1cccc2c(=O)[nH]c(/C(Cl)=C/c3csc([N+](=O)[O-])c3)nc12. The van der Waals surface area contributed by atoms with Gasteiger partial charge in [0.05, 0.1) is 20.9 Å². The summed E-state index contributed by atoms with van der Waals surface area (Å²) < 4.78 is 0. The number of aromatic nitrogens is 2. The van der Waals surface area contributed by atoms with E-state index in [1.807, 2.05) is 13.0 Å². The van der Waals surface area contributed by atoms with Gasteiger partial charge in [-0.1, -0.05) is 35.1 Å². The molecule has 1 aromatic carbocycles. The summed E-state index contributed by atoms with van der Waals surface area (Å²) >= 11 is 7.23. The van der Waals surface area contributed by atoms with Crippen molar-refractivity contribution in [1.82, 2.24) is 9.97 Å². The quantitative estimate of drug-likeness (QED) is 0.574. The molecular formula is C15H10ClN3O3S. The Kier molecular flexibility index (Phi) is 3.97. The second kappa shape index (κ2) is 5.94. The fraction of sp³-hybridized carbons (Fsp3) is 0.0667. The Morgan fingerprint density at radius 1 is 1.48 bits per heavy atom. The summed E-state index contributed by atoms with van der Waals surface area (Å²) in [5.74, 6) is 0.229. The van der Waals surface area contributed by atoms with Gasteiger partial charge in [-0.15, -0.1) is 0 Å². The van der Waals surface area contributed by atoms with Gasteiger partial charge >= 0.3 is 5.00 Å². The molecule has 6 nitrogen and oxygen atoms in total. The van der Waals surface area contributed by atoms with Gasteiger partial charge in [-0.05, 0) is 30.2 Å². The molecule has 0 aliphatic rings. The Morgan fingerprint density at radius 3 is 2.96 bits per heavy atom. The molecule has 0 saturated heterocycles. The van der Waals surface area contributed by atoms with Crippen LogP contribution in [0.2, 0.25) is 0 Å². The van der Waals surface area contributed by atoms with Gasteiger partial charge in [0, 0.05) is 11.4 Å². The highest BCUT2D eigenvalue weighted by Gasteiger charge is 2.11. The number of H-pyrrole nitrogens is 1. The van der Waals surface area contributed by atoms with Gasteiger partial charge in [0.15, 0.2) is 5.82 Å². The van der Waals surface area contributed by atoms with Crippen LogP contribution in [0.1, 0.15) is 17.0 Å². The van der Waals surface area contributed by atoms with Crippen molar-refractivity contribution in [1.29, 1.82) is 0 Å². The van der Waals surface area contributed by atoms with Gasteiger partial charge in [0.1, 0.15) is 0 Å². The monoisotopic (exact) mass is 347 g/mol. The molecule has 0 amide bonds. The summed E-state index contributed by atoms with van der Waals surface area (Å²) in [5.41, 5.74) is 1.75. The number of hydrogen-bond donors (Lipinski definition) is 1. The lowest BCUT2D eigenvalue weighted by atomic mass is 10.1. The van der Waals surface area contributed by atoms with Crippen molar-refractivity contribution in [3.8, 4) is 0 Å². The molecule has 8 heteroatoms. The zero-order valence-corrected chi connectivity index (χ0v) is 13.4. The second-order valence-corrected chi connectivity index (χ2v) is 6.15. The number of nitrogens with zero attached hydrogens (tertiary/aromatic N) is 2. The third kappa shape index (κ3) is 3.01. The zero-order chi connectivity index (χ0) is 16.6. The number of rotatable bonds is 3. The molecule has 0 spiro atoms. The molecule has 0 saturated carbocycles. The number of para-hydroxylation sites is 1. The lowest BCUT2D eigenvalue weighted by Gasteiger charge is -2.04. The topological polar surface area (TPSA) is 88.9 Å². The average Bonchev–Trinajstić information content (AvgIpc) is 2.97. The molecule has 0 bridgehead atoms. The molecule has 0 unspecified atom stereocenters. The number of nitro groups is 1. The molecule has 0 atom stereocenters. The maximum Gasteiger partial charge on any atom is 0.324 e. The van der Waals surface area contributed by atoms with Crippen LogP contribution in [0.4, 0.5) is 5.00 Å². The van der Waals surface area contributed by atoms with Crippen molar-refractivity contribution in [2.75, 3.05) is 0 Å². The summed E-state index contributed by atoms with van der Waals surface area (Å²) in [7, 11) is 0. The lowest BCUT2D eigenvalue weighted by Crippen LogP contribution is -2.11. The van der Waals surface area contributed by atoms with E-state index in [0.29, 0.717) is 16.5 Å². The maximum atomic E-state index is 12.1. The van der Waals surface area contributed by atoms with Crippen LogP contribution in [0.15, 0.2) is 34.4 Å². The number of aromatic amines is 1. The molecule has 1 N–H and O–H groups in total. The molecule has 116 valence electrons. The molecule has 0 aliphatic carbocycles. The molecule has 3 aromatic rings. The van der Waals surface area contributed by atoms with Crippen LogP contribution in [0.5, 0.6) is 0 Å². The van der Waals surface area contributed by atoms with Crippen LogP contribution in [0.25, 0.3) is 22.0 Å². The fourth-order valence-corrected chi connectivity index (χ4v) is 3.04. The van der Waals surface area contributed by atoms with Crippen molar-refractivity contribution in [2.45, 2.75) is 6.92 Å². The summed E-state index contributed by atoms with van der Waals surface area (Å²) in [6.45, 7) is 1.86. The third-order valence-corrected chi connectivity index (χ3v) is 4.43. The Morgan fingerprint density at radius 2 is 2.26 bits per heavy atom. The first kappa shape index (κ1) is 15.4. The molecule has 0 fully saturated rings. The van der Waals surface area contributed by atoms with E-state index in [0.717, 1.165) is 16.9 Å². The maximum absolute atomic E-state index is 12.1. The Balaban J connectivity index is 2.08. The molecular weight excluding hydrogens is 338 g/mol. The normalized spacial score (nSPS) is 11.8. The predicted octanol–water partition coefficient (Wildman–Crippen LogP) is 3.94. The van der Waals surface area contributed by atoms with E-state index in [9.17, 15) is 14.9 Å². The Bertz CT molecular complexity index is 1010. The molecule has 23 heavy (non-hydrogen) atoms. The van der Waals surface area contributed by atoms with Crippen LogP contribution in [-0.2, 0) is 0 Å². The number of fused-ring (bicyclic) bond motifs is 1. The fourth-order valence-electron chi connectivity index (χ4n) is 2.14. The predicted molar refractivity (Wildman–Crippen MR) is 91.8 cm³/mol. The van der Waals surface area contributed by atoms with Crippen LogP contribution in [-0.4, -0.2) is 14.9 Å². The first-order valence-electron chi connectivity index (χ1n) is 6.56. The van der Waals surface area contributed by atoms with Gasteiger partial charge in [0.2, 0.25) is 0 Å². The number of aryl methyl sites for hydroxylation is 1. The van der Waals surface area contributed by atoms with E-state index in [1.165, 1.54) is 12.1 Å². The zero-order valence-electron chi connectivity index (χ0n) is 11.9. The van der Waals surface area contributed by atoms with Gasteiger partial charge in [-0.25, -0.2) is 4.98 Å². The van der Waals surface area contributed by atoms with E-state index in [1.54, 1.807) is 17.5 Å². The molecule has 0 aliphatic heterocycles. The van der Waals surface area contributed by atoms with E-state index >= 15 is 0 Å². The van der Waals surface area contributed by atoms with Crippen molar-refractivity contribution >= 4 is 50.0 Å². The van der Waals surface area contributed by atoms with Crippen molar-refractivity contribution in [2.24, 2.45) is 0 Å². The minimum atomic E-state index is -0.463. The van der Waals surface area contributed by atoms with Crippen molar-refractivity contribution < 1.29 is 4.92 Å². The summed E-state index contributed by atoms with van der Waals surface area (Å²) in [6.07, 6.45) is 1.54. The van der Waals surface area contributed by atoms with E-state index in [2.05, 4.69) is 9.97 Å². The van der Waals surface area contributed by atoms with Crippen molar-refractivity contribution in [3.05, 3.63) is 67.1 Å². The number of benzene rings is 1. The highest BCUT2D eigenvalue weighted by Crippen LogP contribution is 2.27.